The first-order chi connectivity index (χ1) is 11.1. The maximum absolute atomic E-state index is 13.1. The van der Waals surface area contributed by atoms with Gasteiger partial charge in [-0.2, -0.15) is 0 Å². The van der Waals surface area contributed by atoms with E-state index in [4.69, 9.17) is 4.74 Å². The first-order valence-electron chi connectivity index (χ1n) is 7.47. The molecule has 1 aliphatic rings. The van der Waals surface area contributed by atoms with Crippen LogP contribution in [0.15, 0.2) is 48.5 Å². The zero-order valence-electron chi connectivity index (χ0n) is 12.8. The second-order valence-corrected chi connectivity index (χ2v) is 5.64. The van der Waals surface area contributed by atoms with E-state index in [9.17, 15) is 14.3 Å². The van der Waals surface area contributed by atoms with E-state index >= 15 is 0 Å². The summed E-state index contributed by atoms with van der Waals surface area (Å²) in [7, 11) is 1.57. The predicted octanol–water partition coefficient (Wildman–Crippen LogP) is 2.78. The van der Waals surface area contributed by atoms with Gasteiger partial charge in [-0.15, -0.1) is 0 Å². The highest BCUT2D eigenvalue weighted by Crippen LogP contribution is 2.33. The Morgan fingerprint density at radius 3 is 2.43 bits per heavy atom. The molecule has 23 heavy (non-hydrogen) atoms. The van der Waals surface area contributed by atoms with Crippen LogP contribution in [0.2, 0.25) is 0 Å². The lowest BCUT2D eigenvalue weighted by Gasteiger charge is -2.25. The number of benzene rings is 2. The van der Waals surface area contributed by atoms with Crippen molar-refractivity contribution in [2.24, 2.45) is 0 Å². The Kier molecular flexibility index (Phi) is 4.30. The van der Waals surface area contributed by atoms with E-state index < -0.39 is 6.10 Å². The molecule has 1 saturated heterocycles. The maximum Gasteiger partial charge on any atom is 0.254 e. The van der Waals surface area contributed by atoms with Crippen molar-refractivity contribution in [3.8, 4) is 5.75 Å². The third-order valence-electron chi connectivity index (χ3n) is 4.13. The highest BCUT2D eigenvalue weighted by molar-refractivity contribution is 5.94. The molecule has 1 heterocycles. The summed E-state index contributed by atoms with van der Waals surface area (Å²) in [5, 5.41) is 9.98. The summed E-state index contributed by atoms with van der Waals surface area (Å²) in [5.74, 6) is 0.206. The summed E-state index contributed by atoms with van der Waals surface area (Å²) in [6.45, 7) is 0.271. The van der Waals surface area contributed by atoms with E-state index in [2.05, 4.69) is 0 Å². The molecule has 1 amide bonds. The van der Waals surface area contributed by atoms with E-state index in [0.717, 1.165) is 5.56 Å². The van der Waals surface area contributed by atoms with Crippen LogP contribution in [0.5, 0.6) is 5.75 Å². The molecule has 5 heteroatoms. The Morgan fingerprint density at radius 2 is 1.83 bits per heavy atom. The molecule has 4 nitrogen and oxygen atoms in total. The summed E-state index contributed by atoms with van der Waals surface area (Å²) in [6.07, 6.45) is -0.125. The largest absolute Gasteiger partial charge is 0.497 e. The van der Waals surface area contributed by atoms with Crippen molar-refractivity contribution in [1.82, 2.24) is 4.90 Å². The fourth-order valence-electron chi connectivity index (χ4n) is 2.94. The number of rotatable bonds is 3. The van der Waals surface area contributed by atoms with Crippen molar-refractivity contribution in [3.63, 3.8) is 0 Å². The Morgan fingerprint density at radius 1 is 1.17 bits per heavy atom. The number of β-amino-alcohol motifs (C(OH)–C–C–N with tert-alkyl or cyclic N) is 1. The number of likely N-dealkylation sites (tertiary alicyclic amines) is 1. The molecule has 0 aromatic heterocycles. The minimum atomic E-state index is -0.577. The minimum absolute atomic E-state index is 0.154. The molecule has 2 atom stereocenters. The topological polar surface area (TPSA) is 49.8 Å². The molecule has 2 unspecified atom stereocenters. The van der Waals surface area contributed by atoms with Crippen LogP contribution >= 0.6 is 0 Å². The predicted molar refractivity (Wildman–Crippen MR) is 83.8 cm³/mol. The fraction of sp³-hybridized carbons (Fsp3) is 0.278. The number of carbonyl (C=O) groups is 1. The monoisotopic (exact) mass is 315 g/mol. The number of halogens is 1. The van der Waals surface area contributed by atoms with E-state index in [1.807, 2.05) is 0 Å². The molecule has 120 valence electrons. The van der Waals surface area contributed by atoms with Gasteiger partial charge in [-0.25, -0.2) is 4.39 Å². The van der Waals surface area contributed by atoms with Crippen LogP contribution in [0.4, 0.5) is 4.39 Å². The van der Waals surface area contributed by atoms with E-state index in [0.29, 0.717) is 17.7 Å². The highest BCUT2D eigenvalue weighted by Gasteiger charge is 2.35. The summed E-state index contributed by atoms with van der Waals surface area (Å²) < 4.78 is 18.2. The molecular formula is C18H18FNO3. The van der Waals surface area contributed by atoms with Crippen LogP contribution in [0.3, 0.4) is 0 Å². The number of aliphatic hydroxyl groups excluding tert-OH is 1. The van der Waals surface area contributed by atoms with Gasteiger partial charge in [-0.3, -0.25) is 4.79 Å². The third-order valence-corrected chi connectivity index (χ3v) is 4.13. The highest BCUT2D eigenvalue weighted by atomic mass is 19.1. The van der Waals surface area contributed by atoms with Gasteiger partial charge in [0.1, 0.15) is 11.6 Å². The van der Waals surface area contributed by atoms with Crippen LogP contribution < -0.4 is 4.74 Å². The van der Waals surface area contributed by atoms with Crippen LogP contribution in [-0.4, -0.2) is 35.7 Å². The van der Waals surface area contributed by atoms with Gasteiger partial charge in [0.15, 0.2) is 0 Å². The molecule has 0 saturated carbocycles. The number of nitrogens with zero attached hydrogens (tertiary/aromatic N) is 1. The summed E-state index contributed by atoms with van der Waals surface area (Å²) in [4.78, 5) is 14.4. The third kappa shape index (κ3) is 3.19. The van der Waals surface area contributed by atoms with Crippen LogP contribution in [0.25, 0.3) is 0 Å². The summed E-state index contributed by atoms with van der Waals surface area (Å²) in [6, 6.07) is 12.7. The van der Waals surface area contributed by atoms with Gasteiger partial charge < -0.3 is 14.7 Å². The number of ether oxygens (including phenoxy) is 1. The van der Waals surface area contributed by atoms with Crippen molar-refractivity contribution < 1.29 is 19.0 Å². The van der Waals surface area contributed by atoms with Crippen LogP contribution in [-0.2, 0) is 0 Å². The number of hydrogen-bond donors (Lipinski definition) is 1. The van der Waals surface area contributed by atoms with Crippen molar-refractivity contribution in [2.75, 3.05) is 13.7 Å². The SMILES string of the molecule is COc1ccc(C(=O)N2CC(O)CC2c2ccc(F)cc2)cc1. The van der Waals surface area contributed by atoms with Gasteiger partial charge in [0, 0.05) is 12.1 Å². The second-order valence-electron chi connectivity index (χ2n) is 5.64. The molecule has 1 N–H and O–H groups in total. The van der Waals surface area contributed by atoms with Crippen molar-refractivity contribution >= 4 is 5.91 Å². The number of hydrogen-bond acceptors (Lipinski definition) is 3. The normalized spacial score (nSPS) is 20.6. The lowest BCUT2D eigenvalue weighted by Crippen LogP contribution is -2.31. The van der Waals surface area contributed by atoms with Gasteiger partial charge in [0.05, 0.1) is 19.3 Å². The molecule has 0 aliphatic carbocycles. The molecule has 0 spiro atoms. The van der Waals surface area contributed by atoms with Crippen LogP contribution in [0, 0.1) is 5.82 Å². The average Bonchev–Trinajstić information content (AvgIpc) is 2.97. The van der Waals surface area contributed by atoms with Crippen LogP contribution in [0.1, 0.15) is 28.4 Å². The van der Waals surface area contributed by atoms with Gasteiger partial charge in [0.25, 0.3) is 5.91 Å². The zero-order chi connectivity index (χ0) is 16.4. The fourth-order valence-corrected chi connectivity index (χ4v) is 2.94. The number of aliphatic hydroxyl groups is 1. The second kappa shape index (κ2) is 6.38. The van der Waals surface area contributed by atoms with Gasteiger partial charge in [-0.05, 0) is 48.4 Å². The quantitative estimate of drug-likeness (QED) is 0.947. The Bertz CT molecular complexity index is 684. The molecular weight excluding hydrogens is 297 g/mol. The van der Waals surface area contributed by atoms with E-state index in [-0.39, 0.29) is 24.3 Å². The average molecular weight is 315 g/mol. The minimum Gasteiger partial charge on any atom is -0.497 e. The molecule has 3 rings (SSSR count). The number of methoxy groups -OCH3 is 1. The number of carbonyl (C=O) groups excluding carboxylic acids is 1. The van der Waals surface area contributed by atoms with E-state index in [1.54, 1.807) is 48.4 Å². The van der Waals surface area contributed by atoms with E-state index in [1.165, 1.54) is 12.1 Å². The summed E-state index contributed by atoms with van der Waals surface area (Å²) in [5.41, 5.74) is 1.36. The molecule has 2 aromatic rings. The Hall–Kier alpha value is -2.40. The van der Waals surface area contributed by atoms with Crippen molar-refractivity contribution in [1.29, 1.82) is 0 Å². The van der Waals surface area contributed by atoms with Crippen molar-refractivity contribution in [3.05, 3.63) is 65.5 Å². The molecule has 0 radical (unpaired) electrons. The first kappa shape index (κ1) is 15.5. The zero-order valence-corrected chi connectivity index (χ0v) is 12.8. The molecule has 1 fully saturated rings. The Balaban J connectivity index is 1.86. The maximum atomic E-state index is 13.1. The Labute approximate surface area is 134 Å². The number of amides is 1. The van der Waals surface area contributed by atoms with Gasteiger partial charge in [-0.1, -0.05) is 12.1 Å². The standard InChI is InChI=1S/C18H18FNO3/c1-23-16-8-4-13(5-9-16)18(22)20-11-15(21)10-17(20)12-2-6-14(19)7-3-12/h2-9,15,17,21H,10-11H2,1H3. The molecule has 2 aromatic carbocycles. The van der Waals surface area contributed by atoms with Gasteiger partial charge >= 0.3 is 0 Å². The van der Waals surface area contributed by atoms with Gasteiger partial charge in [0.2, 0.25) is 0 Å². The lowest BCUT2D eigenvalue weighted by molar-refractivity contribution is 0.0716. The first-order valence-corrected chi connectivity index (χ1v) is 7.47. The smallest absolute Gasteiger partial charge is 0.254 e. The molecule has 1 aliphatic heterocycles. The van der Waals surface area contributed by atoms with Crippen molar-refractivity contribution in [2.45, 2.75) is 18.6 Å². The molecule has 0 bridgehead atoms. The lowest BCUT2D eigenvalue weighted by atomic mass is 10.0. The summed E-state index contributed by atoms with van der Waals surface area (Å²) >= 11 is 0.